The van der Waals surface area contributed by atoms with Gasteiger partial charge in [0.2, 0.25) is 5.91 Å². The first-order valence-electron chi connectivity index (χ1n) is 6.58. The number of amides is 3. The molecule has 0 spiro atoms. The predicted octanol–water partition coefficient (Wildman–Crippen LogP) is 0.970. The van der Waals surface area contributed by atoms with Crippen LogP contribution in [0.1, 0.15) is 32.6 Å². The van der Waals surface area contributed by atoms with Gasteiger partial charge in [-0.1, -0.05) is 6.08 Å². The lowest BCUT2D eigenvalue weighted by Crippen LogP contribution is -2.53. The Labute approximate surface area is 111 Å². The second kappa shape index (κ2) is 5.86. The summed E-state index contributed by atoms with van der Waals surface area (Å²) in [5, 5.41) is 2.32. The van der Waals surface area contributed by atoms with Crippen LogP contribution in [0.4, 0.5) is 4.79 Å². The Morgan fingerprint density at radius 3 is 2.84 bits per heavy atom. The lowest BCUT2D eigenvalue weighted by molar-refractivity contribution is -0.138. The van der Waals surface area contributed by atoms with Crippen molar-refractivity contribution in [3.63, 3.8) is 0 Å². The van der Waals surface area contributed by atoms with Crippen LogP contribution in [0.5, 0.6) is 0 Å². The molecule has 1 aliphatic carbocycles. The molecule has 0 aromatic heterocycles. The van der Waals surface area contributed by atoms with E-state index in [1.54, 1.807) is 11.8 Å². The van der Waals surface area contributed by atoms with Crippen LogP contribution in [-0.2, 0) is 14.3 Å². The molecule has 2 aliphatic rings. The number of hydrogen-bond acceptors (Lipinski definition) is 4. The summed E-state index contributed by atoms with van der Waals surface area (Å²) in [6.07, 6.45) is 4.16. The number of nitrogens with one attached hydrogen (secondary N) is 1. The summed E-state index contributed by atoms with van der Waals surface area (Å²) in [4.78, 5) is 36.0. The first-order chi connectivity index (χ1) is 9.11. The molecule has 6 heteroatoms. The molecule has 0 aromatic carbocycles. The maximum absolute atomic E-state index is 11.7. The van der Waals surface area contributed by atoms with Crippen molar-refractivity contribution >= 4 is 17.9 Å². The molecule has 1 N–H and O–H groups in total. The van der Waals surface area contributed by atoms with Crippen molar-refractivity contribution in [2.24, 2.45) is 0 Å². The summed E-state index contributed by atoms with van der Waals surface area (Å²) >= 11 is 0. The molecular formula is C13H18N2O4. The van der Waals surface area contributed by atoms with Gasteiger partial charge in [0.25, 0.3) is 0 Å². The summed E-state index contributed by atoms with van der Waals surface area (Å²) in [6.45, 7) is 2.60. The van der Waals surface area contributed by atoms with Gasteiger partial charge in [0.15, 0.2) is 0 Å². The van der Waals surface area contributed by atoms with Gasteiger partial charge in [0.05, 0.1) is 6.61 Å². The van der Waals surface area contributed by atoms with Gasteiger partial charge in [0, 0.05) is 24.6 Å². The van der Waals surface area contributed by atoms with Crippen LogP contribution >= 0.6 is 0 Å². The van der Waals surface area contributed by atoms with Crippen LogP contribution in [0, 0.1) is 0 Å². The normalized spacial score (nSPS) is 23.7. The highest BCUT2D eigenvalue weighted by atomic mass is 16.5. The number of hydrogen-bond donors (Lipinski definition) is 1. The summed E-state index contributed by atoms with van der Waals surface area (Å²) in [6, 6.07) is -0.263. The topological polar surface area (TPSA) is 75.7 Å². The van der Waals surface area contributed by atoms with Crippen LogP contribution in [0.25, 0.3) is 0 Å². The minimum Gasteiger partial charge on any atom is -0.463 e. The van der Waals surface area contributed by atoms with E-state index in [0.29, 0.717) is 38.0 Å². The lowest BCUT2D eigenvalue weighted by Gasteiger charge is -2.35. The van der Waals surface area contributed by atoms with Gasteiger partial charge in [-0.3, -0.25) is 10.1 Å². The van der Waals surface area contributed by atoms with Crippen molar-refractivity contribution in [1.82, 2.24) is 10.2 Å². The van der Waals surface area contributed by atoms with Gasteiger partial charge in [-0.15, -0.1) is 0 Å². The fourth-order valence-electron chi connectivity index (χ4n) is 2.44. The standard InChI is InChI=1S/C13H18N2O4/c1-2-19-12(17)9-3-5-10(6-4-9)15-8-7-11(16)14-13(15)18/h3,10H,2,4-8H2,1H3,(H,14,16,18). The van der Waals surface area contributed by atoms with E-state index in [1.807, 2.05) is 6.08 Å². The first kappa shape index (κ1) is 13.6. The smallest absolute Gasteiger partial charge is 0.333 e. The number of rotatable bonds is 3. The molecule has 6 nitrogen and oxygen atoms in total. The zero-order valence-corrected chi connectivity index (χ0v) is 11.0. The van der Waals surface area contributed by atoms with Gasteiger partial charge >= 0.3 is 12.0 Å². The third kappa shape index (κ3) is 3.13. The summed E-state index contributed by atoms with van der Waals surface area (Å²) < 4.78 is 4.95. The van der Waals surface area contributed by atoms with E-state index < -0.39 is 0 Å². The number of nitrogens with zero attached hydrogens (tertiary/aromatic N) is 1. The number of ether oxygens (including phenoxy) is 1. The lowest BCUT2D eigenvalue weighted by atomic mass is 9.93. The number of carbonyl (C=O) groups is 3. The summed E-state index contributed by atoms with van der Waals surface area (Å²) in [5.41, 5.74) is 0.687. The van der Waals surface area contributed by atoms with Crippen molar-refractivity contribution in [3.8, 4) is 0 Å². The second-order valence-electron chi connectivity index (χ2n) is 4.67. The molecule has 1 fully saturated rings. The third-order valence-corrected chi connectivity index (χ3v) is 3.45. The van der Waals surface area contributed by atoms with Crippen molar-refractivity contribution in [3.05, 3.63) is 11.6 Å². The van der Waals surface area contributed by atoms with E-state index in [9.17, 15) is 14.4 Å². The summed E-state index contributed by atoms with van der Waals surface area (Å²) in [7, 11) is 0. The molecule has 0 radical (unpaired) electrons. The van der Waals surface area contributed by atoms with Crippen LogP contribution in [0.15, 0.2) is 11.6 Å². The SMILES string of the molecule is CCOC(=O)C1=CCC(N2CCC(=O)NC2=O)CC1. The first-order valence-corrected chi connectivity index (χ1v) is 6.58. The van der Waals surface area contributed by atoms with Crippen molar-refractivity contribution in [2.75, 3.05) is 13.2 Å². The van der Waals surface area contributed by atoms with Crippen LogP contribution in [-0.4, -0.2) is 42.0 Å². The number of urea groups is 1. The highest BCUT2D eigenvalue weighted by molar-refractivity contribution is 5.96. The molecular weight excluding hydrogens is 248 g/mol. The Balaban J connectivity index is 1.94. The average molecular weight is 266 g/mol. The molecule has 2 rings (SSSR count). The molecule has 19 heavy (non-hydrogen) atoms. The van der Waals surface area contributed by atoms with E-state index >= 15 is 0 Å². The molecule has 0 bridgehead atoms. The van der Waals surface area contributed by atoms with Crippen LogP contribution in [0.2, 0.25) is 0 Å². The molecule has 0 aromatic rings. The Morgan fingerprint density at radius 1 is 1.47 bits per heavy atom. The maximum Gasteiger partial charge on any atom is 0.333 e. The Hall–Kier alpha value is -1.85. The molecule has 3 amide bonds. The summed E-state index contributed by atoms with van der Waals surface area (Å²) in [5.74, 6) is -0.487. The highest BCUT2D eigenvalue weighted by Crippen LogP contribution is 2.24. The predicted molar refractivity (Wildman–Crippen MR) is 67.2 cm³/mol. The Kier molecular flexibility index (Phi) is 4.19. The molecule has 104 valence electrons. The van der Waals surface area contributed by atoms with E-state index in [-0.39, 0.29) is 23.9 Å². The minimum absolute atomic E-state index is 0.0614. The van der Waals surface area contributed by atoms with Gasteiger partial charge in [-0.2, -0.15) is 0 Å². The van der Waals surface area contributed by atoms with Gasteiger partial charge in [-0.05, 0) is 26.2 Å². The van der Waals surface area contributed by atoms with Gasteiger partial charge < -0.3 is 9.64 Å². The molecule has 1 unspecified atom stereocenters. The van der Waals surface area contributed by atoms with E-state index in [4.69, 9.17) is 4.74 Å². The molecule has 0 saturated carbocycles. The third-order valence-electron chi connectivity index (χ3n) is 3.45. The molecule has 1 atom stereocenters. The zero-order valence-electron chi connectivity index (χ0n) is 11.0. The van der Waals surface area contributed by atoms with Crippen molar-refractivity contribution in [2.45, 2.75) is 38.6 Å². The van der Waals surface area contributed by atoms with Crippen molar-refractivity contribution < 1.29 is 19.1 Å². The quantitative estimate of drug-likeness (QED) is 0.772. The Morgan fingerprint density at radius 2 is 2.26 bits per heavy atom. The van der Waals surface area contributed by atoms with Gasteiger partial charge in [-0.25, -0.2) is 9.59 Å². The fraction of sp³-hybridized carbons (Fsp3) is 0.615. The molecule has 1 aliphatic heterocycles. The average Bonchev–Trinajstić information content (AvgIpc) is 2.39. The minimum atomic E-state index is -0.325. The van der Waals surface area contributed by atoms with Gasteiger partial charge in [0.1, 0.15) is 0 Å². The zero-order chi connectivity index (χ0) is 13.8. The van der Waals surface area contributed by atoms with Crippen LogP contribution < -0.4 is 5.32 Å². The Bertz CT molecular complexity index is 430. The largest absolute Gasteiger partial charge is 0.463 e. The molecule has 1 saturated heterocycles. The monoisotopic (exact) mass is 266 g/mol. The van der Waals surface area contributed by atoms with Crippen molar-refractivity contribution in [1.29, 1.82) is 0 Å². The van der Waals surface area contributed by atoms with Crippen LogP contribution in [0.3, 0.4) is 0 Å². The number of carbonyl (C=O) groups excluding carboxylic acids is 3. The highest BCUT2D eigenvalue weighted by Gasteiger charge is 2.31. The van der Waals surface area contributed by atoms with E-state index in [2.05, 4.69) is 5.32 Å². The fourth-order valence-corrected chi connectivity index (χ4v) is 2.44. The number of esters is 1. The van der Waals surface area contributed by atoms with E-state index in [1.165, 1.54) is 0 Å². The van der Waals surface area contributed by atoms with E-state index in [0.717, 1.165) is 6.42 Å². The molecule has 1 heterocycles. The maximum atomic E-state index is 11.7. The number of imide groups is 1. The second-order valence-corrected chi connectivity index (χ2v) is 4.67.